The quantitative estimate of drug-likeness (QED) is 0.210. The summed E-state index contributed by atoms with van der Waals surface area (Å²) >= 11 is 0. The van der Waals surface area contributed by atoms with Crippen molar-refractivity contribution in [2.45, 2.75) is 47.8 Å². The van der Waals surface area contributed by atoms with Gasteiger partial charge in [0.2, 0.25) is 0 Å². The monoisotopic (exact) mass is 531 g/mol. The predicted octanol–water partition coefficient (Wildman–Crippen LogP) is 4.45. The molecule has 0 unspecified atom stereocenters. The lowest BCUT2D eigenvalue weighted by Crippen LogP contribution is -2.75. The van der Waals surface area contributed by atoms with Gasteiger partial charge in [0.1, 0.15) is 0 Å². The third kappa shape index (κ3) is 3.75. The number of rotatable bonds is 8. The summed E-state index contributed by atoms with van der Waals surface area (Å²) in [6.45, 7) is 0. The standard InChI is InChI=1S/C8H2F17NO4S/c9-1(10,3(13,14)5(17,18)7(21,22)23)2(11,12)4(15,16)6(19,20)8(24,25)26(27)31(28,29)30/h27H,(H,28,29,30). The Morgan fingerprint density at radius 1 is 0.484 bits per heavy atom. The van der Waals surface area contributed by atoms with E-state index in [0.717, 1.165) is 0 Å². The summed E-state index contributed by atoms with van der Waals surface area (Å²) in [5.41, 5.74) is 0. The molecule has 0 aliphatic rings. The molecule has 0 atom stereocenters. The van der Waals surface area contributed by atoms with Gasteiger partial charge >= 0.3 is 58.1 Å². The molecule has 2 N–H and O–H groups in total. The van der Waals surface area contributed by atoms with Crippen LogP contribution in [0.5, 0.6) is 0 Å². The second-order valence-corrected chi connectivity index (χ2v) is 6.45. The molecule has 0 aromatic carbocycles. The van der Waals surface area contributed by atoms with Crippen molar-refractivity contribution in [1.29, 1.82) is 0 Å². The van der Waals surface area contributed by atoms with Gasteiger partial charge in [-0.05, 0) is 0 Å². The number of hydroxylamine groups is 1. The van der Waals surface area contributed by atoms with Gasteiger partial charge in [-0.25, -0.2) is 0 Å². The van der Waals surface area contributed by atoms with Crippen molar-refractivity contribution in [3.63, 3.8) is 0 Å². The van der Waals surface area contributed by atoms with Crippen molar-refractivity contribution in [3.8, 4) is 0 Å². The van der Waals surface area contributed by atoms with Gasteiger partial charge in [0.25, 0.3) is 0 Å². The molecule has 23 heteroatoms. The van der Waals surface area contributed by atoms with Gasteiger partial charge < -0.3 is 0 Å². The molecule has 0 rings (SSSR count). The van der Waals surface area contributed by atoms with E-state index in [-0.39, 0.29) is 0 Å². The van der Waals surface area contributed by atoms with E-state index in [2.05, 4.69) is 0 Å². The van der Waals surface area contributed by atoms with E-state index in [9.17, 15) is 83.1 Å². The van der Waals surface area contributed by atoms with Crippen molar-refractivity contribution in [1.82, 2.24) is 4.47 Å². The van der Waals surface area contributed by atoms with E-state index in [1.165, 1.54) is 0 Å². The average molecular weight is 531 g/mol. The summed E-state index contributed by atoms with van der Waals surface area (Å²) in [7, 11) is -7.18. The first kappa shape index (κ1) is 29.6. The Balaban J connectivity index is 6.91. The summed E-state index contributed by atoms with van der Waals surface area (Å²) in [5.74, 6) is -52.2. The topological polar surface area (TPSA) is 77.8 Å². The molecule has 0 saturated carbocycles. The van der Waals surface area contributed by atoms with Crippen LogP contribution in [-0.4, -0.2) is 70.4 Å². The lowest BCUT2D eigenvalue weighted by molar-refractivity contribution is -0.472. The summed E-state index contributed by atoms with van der Waals surface area (Å²) in [6, 6.07) is -7.81. The van der Waals surface area contributed by atoms with Crippen LogP contribution >= 0.6 is 0 Å². The highest BCUT2D eigenvalue weighted by atomic mass is 32.2. The Kier molecular flexibility index (Phi) is 6.76. The first-order chi connectivity index (χ1) is 12.9. The van der Waals surface area contributed by atoms with Gasteiger partial charge in [0.05, 0.1) is 0 Å². The molecule has 0 aliphatic carbocycles. The van der Waals surface area contributed by atoms with Crippen LogP contribution in [0.2, 0.25) is 0 Å². The van der Waals surface area contributed by atoms with E-state index in [4.69, 9.17) is 9.76 Å². The first-order valence-electron chi connectivity index (χ1n) is 6.08. The Morgan fingerprint density at radius 2 is 0.710 bits per heavy atom. The number of halogens is 17. The van der Waals surface area contributed by atoms with Crippen molar-refractivity contribution in [2.24, 2.45) is 0 Å². The highest BCUT2D eigenvalue weighted by molar-refractivity contribution is 7.83. The second-order valence-electron chi connectivity index (χ2n) is 5.21. The van der Waals surface area contributed by atoms with Gasteiger partial charge in [-0.1, -0.05) is 0 Å². The predicted molar refractivity (Wildman–Crippen MR) is 55.9 cm³/mol. The van der Waals surface area contributed by atoms with Crippen molar-refractivity contribution in [3.05, 3.63) is 0 Å². The highest BCUT2D eigenvalue weighted by Gasteiger charge is 2.96. The molecule has 0 radical (unpaired) electrons. The van der Waals surface area contributed by atoms with Gasteiger partial charge in [0.15, 0.2) is 0 Å². The molecule has 5 nitrogen and oxygen atoms in total. The van der Waals surface area contributed by atoms with Crippen LogP contribution in [0.4, 0.5) is 74.6 Å². The third-order valence-electron chi connectivity index (χ3n) is 3.16. The molecule has 0 spiro atoms. The molecular formula is C8H2F17NO4S. The molecule has 0 bridgehead atoms. The zero-order valence-corrected chi connectivity index (χ0v) is 13.8. The Hall–Kier alpha value is -1.36. The Morgan fingerprint density at radius 3 is 0.935 bits per heavy atom. The average Bonchev–Trinajstić information content (AvgIpc) is 2.50. The molecule has 0 heterocycles. The fourth-order valence-corrected chi connectivity index (χ4v) is 1.82. The lowest BCUT2D eigenvalue weighted by Gasteiger charge is -2.43. The van der Waals surface area contributed by atoms with Crippen LogP contribution in [0.25, 0.3) is 0 Å². The maximum atomic E-state index is 13.2. The largest absolute Gasteiger partial charge is 0.460 e. The number of hydrogen-bond donors (Lipinski definition) is 2. The molecule has 0 aromatic rings. The number of alkyl halides is 17. The van der Waals surface area contributed by atoms with E-state index in [1.54, 1.807) is 0 Å². The minimum atomic E-state index is -8.94. The van der Waals surface area contributed by atoms with Crippen LogP contribution in [-0.2, 0) is 10.3 Å². The van der Waals surface area contributed by atoms with Crippen LogP contribution in [0, 0.1) is 0 Å². The molecule has 0 fully saturated rings. The minimum absolute atomic E-state index is 3.54. The van der Waals surface area contributed by atoms with Gasteiger partial charge in [0, 0.05) is 4.47 Å². The minimum Gasteiger partial charge on any atom is -0.293 e. The highest BCUT2D eigenvalue weighted by Crippen LogP contribution is 2.64. The fraction of sp³-hybridized carbons (Fsp3) is 1.00. The van der Waals surface area contributed by atoms with Crippen molar-refractivity contribution < 1.29 is 92.8 Å². The fourth-order valence-electron chi connectivity index (χ4n) is 1.42. The van der Waals surface area contributed by atoms with E-state index in [0.29, 0.717) is 0 Å². The van der Waals surface area contributed by atoms with E-state index < -0.39 is 62.5 Å². The Labute approximate surface area is 156 Å². The third-order valence-corrected chi connectivity index (χ3v) is 3.83. The molecule has 0 aromatic heterocycles. The van der Waals surface area contributed by atoms with Crippen LogP contribution < -0.4 is 0 Å². The number of nitrogens with zero attached hydrogens (tertiary/aromatic N) is 1. The molecule has 0 amide bonds. The normalized spacial score (nSPS) is 16.8. The van der Waals surface area contributed by atoms with Crippen LogP contribution in [0.15, 0.2) is 0 Å². The summed E-state index contributed by atoms with van der Waals surface area (Å²) < 4.78 is 242. The van der Waals surface area contributed by atoms with Gasteiger partial charge in [-0.15, -0.1) is 0 Å². The summed E-state index contributed by atoms with van der Waals surface area (Å²) in [4.78, 5) is 0. The zero-order valence-electron chi connectivity index (χ0n) is 13.0. The molecule has 31 heavy (non-hydrogen) atoms. The first-order valence-corrected chi connectivity index (χ1v) is 7.48. The molecule has 0 aliphatic heterocycles. The Bertz CT molecular complexity index is 786. The lowest BCUT2D eigenvalue weighted by atomic mass is 9.90. The maximum absolute atomic E-state index is 13.2. The smallest absolute Gasteiger partial charge is 0.293 e. The van der Waals surface area contributed by atoms with Crippen LogP contribution in [0.1, 0.15) is 0 Å². The van der Waals surface area contributed by atoms with E-state index in [1.807, 2.05) is 0 Å². The summed E-state index contributed by atoms with van der Waals surface area (Å²) in [6.07, 6.45) is -7.91. The number of hydrogen-bond acceptors (Lipinski definition) is 3. The SMILES string of the molecule is O=S(=O)(O)N(O)C(F)(F)C(F)(F)C(F)(F)C(F)(F)C(F)(F)C(F)(F)C(F)(F)C(F)(F)F. The van der Waals surface area contributed by atoms with E-state index >= 15 is 0 Å². The zero-order chi connectivity index (χ0) is 26.1. The van der Waals surface area contributed by atoms with Crippen molar-refractivity contribution >= 4 is 10.3 Å². The molecule has 188 valence electrons. The van der Waals surface area contributed by atoms with Gasteiger partial charge in [-0.2, -0.15) is 83.1 Å². The molecule has 0 saturated heterocycles. The van der Waals surface area contributed by atoms with Gasteiger partial charge in [-0.3, -0.25) is 9.76 Å². The molecular weight excluding hydrogens is 529 g/mol. The van der Waals surface area contributed by atoms with Crippen molar-refractivity contribution in [2.75, 3.05) is 0 Å². The second kappa shape index (κ2) is 7.07. The summed E-state index contributed by atoms with van der Waals surface area (Å²) in [5, 5.41) is 8.06. The maximum Gasteiger partial charge on any atom is 0.460 e. The van der Waals surface area contributed by atoms with Crippen LogP contribution in [0.3, 0.4) is 0 Å².